The molecule has 2 aromatic rings. The summed E-state index contributed by atoms with van der Waals surface area (Å²) in [5, 5.41) is 2.35. The summed E-state index contributed by atoms with van der Waals surface area (Å²) in [6.45, 7) is 3.47. The Morgan fingerprint density at radius 1 is 1.17 bits per heavy atom. The van der Waals surface area contributed by atoms with Gasteiger partial charge in [0.05, 0.1) is 11.8 Å². The van der Waals surface area contributed by atoms with Crippen LogP contribution in [-0.2, 0) is 4.79 Å². The van der Waals surface area contributed by atoms with E-state index in [9.17, 15) is 9.59 Å². The maximum Gasteiger partial charge on any atom is 0.273 e. The topological polar surface area (TPSA) is 96.5 Å². The molecule has 23 heavy (non-hydrogen) atoms. The van der Waals surface area contributed by atoms with Crippen molar-refractivity contribution in [1.82, 2.24) is 16.2 Å². The van der Waals surface area contributed by atoms with Crippen molar-refractivity contribution in [3.63, 3.8) is 0 Å². The van der Waals surface area contributed by atoms with Crippen molar-refractivity contribution in [3.8, 4) is 0 Å². The average molecular weight is 333 g/mol. The largest absolute Gasteiger partial charge is 0.469 e. The molecule has 0 aliphatic carbocycles. The fourth-order valence-electron chi connectivity index (χ4n) is 1.69. The normalized spacial score (nSPS) is 10.5. The number of nitrogens with one attached hydrogen (secondary N) is 3. The summed E-state index contributed by atoms with van der Waals surface area (Å²) in [5.41, 5.74) is 5.17. The maximum atomic E-state index is 11.8. The zero-order valence-electron chi connectivity index (χ0n) is 12.5. The molecule has 7 nitrogen and oxygen atoms in total. The van der Waals surface area contributed by atoms with E-state index in [0.717, 1.165) is 5.76 Å². The molecule has 2 aromatic heterocycles. The van der Waals surface area contributed by atoms with Gasteiger partial charge in [-0.15, -0.1) is 0 Å². The minimum Gasteiger partial charge on any atom is -0.469 e. The van der Waals surface area contributed by atoms with Gasteiger partial charge in [0.25, 0.3) is 5.91 Å². The number of carbonyl (C=O) groups excluding carboxylic acids is 2. The Kier molecular flexibility index (Phi) is 5.32. The number of thiocarbonyl (C=S) groups is 1. The third-order valence-corrected chi connectivity index (χ3v) is 2.99. The molecule has 3 N–H and O–H groups in total. The van der Waals surface area contributed by atoms with Gasteiger partial charge in [0.2, 0.25) is 5.91 Å². The molecular formula is C15H15N3O4S. The predicted molar refractivity (Wildman–Crippen MR) is 87.3 cm³/mol. The molecule has 0 spiro atoms. The Balaban J connectivity index is 1.78. The molecule has 120 valence electrons. The Morgan fingerprint density at radius 2 is 1.96 bits per heavy atom. The molecule has 2 rings (SSSR count). The van der Waals surface area contributed by atoms with E-state index in [1.165, 1.54) is 24.5 Å². The van der Waals surface area contributed by atoms with E-state index in [0.29, 0.717) is 17.1 Å². The molecule has 0 aromatic carbocycles. The highest BCUT2D eigenvalue weighted by Crippen LogP contribution is 2.08. The van der Waals surface area contributed by atoms with Crippen LogP contribution in [0.25, 0.3) is 6.08 Å². The minimum absolute atomic E-state index is 0.0372. The van der Waals surface area contributed by atoms with Gasteiger partial charge in [0, 0.05) is 6.08 Å². The second kappa shape index (κ2) is 7.41. The molecule has 0 aliphatic heterocycles. The number of carbonyl (C=O) groups is 2. The molecule has 0 saturated heterocycles. The third-order valence-electron chi connectivity index (χ3n) is 2.79. The van der Waals surface area contributed by atoms with Crippen molar-refractivity contribution in [1.29, 1.82) is 0 Å². The van der Waals surface area contributed by atoms with Gasteiger partial charge in [0.1, 0.15) is 17.3 Å². The van der Waals surface area contributed by atoms with Crippen LogP contribution in [0.15, 0.2) is 39.4 Å². The number of hydrogen-bond acceptors (Lipinski definition) is 5. The molecule has 2 amide bonds. The number of rotatable bonds is 3. The van der Waals surface area contributed by atoms with Crippen molar-refractivity contribution in [2.24, 2.45) is 0 Å². The first-order valence-corrected chi connectivity index (χ1v) is 7.06. The van der Waals surface area contributed by atoms with Crippen LogP contribution < -0.4 is 16.2 Å². The quantitative estimate of drug-likeness (QED) is 0.450. The molecule has 0 aliphatic rings. The van der Waals surface area contributed by atoms with Crippen molar-refractivity contribution in [2.75, 3.05) is 0 Å². The lowest BCUT2D eigenvalue weighted by atomic mass is 10.2. The number of furan rings is 2. The fourth-order valence-corrected chi connectivity index (χ4v) is 1.84. The highest BCUT2D eigenvalue weighted by Gasteiger charge is 2.11. The Hall–Kier alpha value is -2.87. The van der Waals surface area contributed by atoms with Crippen molar-refractivity contribution < 1.29 is 18.4 Å². The summed E-state index contributed by atoms with van der Waals surface area (Å²) in [6, 6.07) is 5.06. The number of amides is 2. The fraction of sp³-hybridized carbons (Fsp3) is 0.133. The number of hydrogen-bond donors (Lipinski definition) is 3. The summed E-state index contributed by atoms with van der Waals surface area (Å²) in [6.07, 6.45) is 4.19. The molecule has 0 atom stereocenters. The van der Waals surface area contributed by atoms with Gasteiger partial charge in [-0.05, 0) is 50.3 Å². The van der Waals surface area contributed by atoms with Gasteiger partial charge in [-0.25, -0.2) is 0 Å². The van der Waals surface area contributed by atoms with Crippen LogP contribution >= 0.6 is 12.2 Å². The first kappa shape index (κ1) is 16.5. The van der Waals surface area contributed by atoms with E-state index >= 15 is 0 Å². The molecule has 8 heteroatoms. The predicted octanol–water partition coefficient (Wildman–Crippen LogP) is 1.84. The molecular weight excluding hydrogens is 318 g/mol. The SMILES string of the molecule is Cc1ccc(C=CC(=O)NC(=S)NNC(=O)c2ccoc2C)o1. The van der Waals surface area contributed by atoms with E-state index in [4.69, 9.17) is 21.1 Å². The standard InChI is InChI=1S/C15H15N3O4S/c1-9-3-4-11(22-9)5-6-13(19)16-15(23)18-17-14(20)12-7-8-21-10(12)2/h3-8H,1-2H3,(H,17,20)(H2,16,18,19,23). The van der Waals surface area contributed by atoms with Gasteiger partial charge in [-0.1, -0.05) is 0 Å². The summed E-state index contributed by atoms with van der Waals surface area (Å²) >= 11 is 4.91. The molecule has 2 heterocycles. The molecule has 0 fully saturated rings. The minimum atomic E-state index is -0.453. The van der Waals surface area contributed by atoms with E-state index in [2.05, 4.69) is 16.2 Å². The van der Waals surface area contributed by atoms with Crippen LogP contribution in [0.4, 0.5) is 0 Å². The molecule has 0 radical (unpaired) electrons. The third kappa shape index (κ3) is 4.82. The zero-order valence-corrected chi connectivity index (χ0v) is 13.3. The lowest BCUT2D eigenvalue weighted by Gasteiger charge is -2.09. The summed E-state index contributed by atoms with van der Waals surface area (Å²) in [5.74, 6) is 0.912. The zero-order chi connectivity index (χ0) is 16.8. The van der Waals surface area contributed by atoms with Gasteiger partial charge < -0.3 is 8.83 Å². The summed E-state index contributed by atoms with van der Waals surface area (Å²) in [7, 11) is 0. The van der Waals surface area contributed by atoms with E-state index in [-0.39, 0.29) is 5.11 Å². The van der Waals surface area contributed by atoms with Crippen LogP contribution in [0.1, 0.15) is 27.6 Å². The Bertz CT molecular complexity index is 760. The highest BCUT2D eigenvalue weighted by molar-refractivity contribution is 7.80. The lowest BCUT2D eigenvalue weighted by Crippen LogP contribution is -2.48. The van der Waals surface area contributed by atoms with Gasteiger partial charge in [0.15, 0.2) is 5.11 Å². The summed E-state index contributed by atoms with van der Waals surface area (Å²) in [4.78, 5) is 23.5. The van der Waals surface area contributed by atoms with Crippen LogP contribution in [-0.4, -0.2) is 16.9 Å². The van der Waals surface area contributed by atoms with Crippen LogP contribution in [0.3, 0.4) is 0 Å². The monoisotopic (exact) mass is 333 g/mol. The smallest absolute Gasteiger partial charge is 0.273 e. The Morgan fingerprint density at radius 3 is 2.57 bits per heavy atom. The second-order valence-electron chi connectivity index (χ2n) is 4.57. The first-order chi connectivity index (χ1) is 11.0. The van der Waals surface area contributed by atoms with Gasteiger partial charge >= 0.3 is 0 Å². The van der Waals surface area contributed by atoms with Gasteiger partial charge in [-0.3, -0.25) is 25.8 Å². The average Bonchev–Trinajstić information content (AvgIpc) is 3.11. The van der Waals surface area contributed by atoms with Crippen molar-refractivity contribution in [2.45, 2.75) is 13.8 Å². The maximum absolute atomic E-state index is 11.8. The highest BCUT2D eigenvalue weighted by atomic mass is 32.1. The molecule has 0 bridgehead atoms. The van der Waals surface area contributed by atoms with E-state index in [1.54, 1.807) is 26.0 Å². The van der Waals surface area contributed by atoms with Crippen LogP contribution in [0.2, 0.25) is 0 Å². The second-order valence-corrected chi connectivity index (χ2v) is 4.98. The van der Waals surface area contributed by atoms with E-state index in [1.807, 2.05) is 0 Å². The van der Waals surface area contributed by atoms with Gasteiger partial charge in [-0.2, -0.15) is 0 Å². The van der Waals surface area contributed by atoms with Crippen molar-refractivity contribution >= 4 is 35.2 Å². The molecule has 0 saturated carbocycles. The number of hydrazine groups is 1. The van der Waals surface area contributed by atoms with Crippen LogP contribution in [0.5, 0.6) is 0 Å². The lowest BCUT2D eigenvalue weighted by molar-refractivity contribution is -0.115. The Labute approximate surface area is 137 Å². The molecule has 0 unspecified atom stereocenters. The number of aryl methyl sites for hydroxylation is 2. The van der Waals surface area contributed by atoms with E-state index < -0.39 is 11.8 Å². The first-order valence-electron chi connectivity index (χ1n) is 6.65. The van der Waals surface area contributed by atoms with Crippen molar-refractivity contribution in [3.05, 3.63) is 53.4 Å². The van der Waals surface area contributed by atoms with Crippen LogP contribution in [0, 0.1) is 13.8 Å². The summed E-state index contributed by atoms with van der Waals surface area (Å²) < 4.78 is 10.3.